The van der Waals surface area contributed by atoms with E-state index in [0.29, 0.717) is 56.2 Å². The van der Waals surface area contributed by atoms with Crippen LogP contribution in [0.5, 0.6) is 0 Å². The Bertz CT molecular complexity index is 1130. The Labute approximate surface area is 187 Å². The summed E-state index contributed by atoms with van der Waals surface area (Å²) < 4.78 is 33.2. The number of sulfonamides is 1. The first-order chi connectivity index (χ1) is 15.3. The van der Waals surface area contributed by atoms with Crippen molar-refractivity contribution in [2.75, 3.05) is 52.5 Å². The monoisotopic (exact) mass is 462 g/mol. The van der Waals surface area contributed by atoms with Gasteiger partial charge in [-0.2, -0.15) is 4.31 Å². The highest BCUT2D eigenvalue weighted by Crippen LogP contribution is 2.26. The van der Waals surface area contributed by atoms with E-state index >= 15 is 0 Å². The van der Waals surface area contributed by atoms with Gasteiger partial charge in [0, 0.05) is 56.2 Å². The van der Waals surface area contributed by atoms with Crippen molar-refractivity contribution in [1.82, 2.24) is 19.5 Å². The van der Waals surface area contributed by atoms with Crippen molar-refractivity contribution < 1.29 is 17.9 Å². The second-order valence-electron chi connectivity index (χ2n) is 8.55. The minimum Gasteiger partial charge on any atom is -0.379 e. The van der Waals surface area contributed by atoms with Crippen LogP contribution in [0.2, 0.25) is 0 Å². The first-order valence-corrected chi connectivity index (χ1v) is 12.5. The highest BCUT2D eigenvalue weighted by atomic mass is 32.2. The van der Waals surface area contributed by atoms with Crippen molar-refractivity contribution in [1.29, 1.82) is 0 Å². The molecule has 3 heterocycles. The quantitative estimate of drug-likeness (QED) is 0.663. The number of hydrogen-bond acceptors (Lipinski definition) is 6. The maximum absolute atomic E-state index is 13.2. The molecule has 1 amide bonds. The molecule has 174 valence electrons. The van der Waals surface area contributed by atoms with E-state index in [0.717, 1.165) is 25.9 Å². The van der Waals surface area contributed by atoms with Crippen LogP contribution < -0.4 is 10.9 Å². The van der Waals surface area contributed by atoms with E-state index in [1.54, 1.807) is 6.07 Å². The topological polar surface area (TPSA) is 112 Å². The predicted octanol–water partition coefficient (Wildman–Crippen LogP) is 1.01. The number of benzene rings is 1. The van der Waals surface area contributed by atoms with Crippen LogP contribution in [-0.4, -0.2) is 81.0 Å². The molecule has 0 unspecified atom stereocenters. The van der Waals surface area contributed by atoms with E-state index in [4.69, 9.17) is 4.74 Å². The normalized spacial score (nSPS) is 19.3. The summed E-state index contributed by atoms with van der Waals surface area (Å²) in [6, 6.07) is 5.77. The molecule has 0 radical (unpaired) electrons. The number of nitrogens with zero attached hydrogens (tertiary/aromatic N) is 2. The molecule has 1 aromatic carbocycles. The van der Waals surface area contributed by atoms with E-state index in [9.17, 15) is 18.0 Å². The summed E-state index contributed by atoms with van der Waals surface area (Å²) in [6.07, 6.45) is 1.66. The Morgan fingerprint density at radius 3 is 2.59 bits per heavy atom. The average Bonchev–Trinajstić information content (AvgIpc) is 2.79. The predicted molar refractivity (Wildman–Crippen MR) is 121 cm³/mol. The summed E-state index contributed by atoms with van der Waals surface area (Å²) in [7, 11) is -3.67. The van der Waals surface area contributed by atoms with Crippen LogP contribution >= 0.6 is 0 Å². The Hall–Kier alpha value is -2.27. The number of aromatic nitrogens is 1. The summed E-state index contributed by atoms with van der Waals surface area (Å²) in [6.45, 7) is 7.21. The molecule has 10 heteroatoms. The zero-order valence-corrected chi connectivity index (χ0v) is 19.1. The second-order valence-corrected chi connectivity index (χ2v) is 10.5. The van der Waals surface area contributed by atoms with E-state index in [1.165, 1.54) is 22.5 Å². The molecule has 0 atom stereocenters. The molecule has 0 aliphatic carbocycles. The van der Waals surface area contributed by atoms with Crippen LogP contribution in [0.15, 0.2) is 34.0 Å². The highest BCUT2D eigenvalue weighted by molar-refractivity contribution is 7.89. The number of carbonyl (C=O) groups excluding carboxylic acids is 1. The fourth-order valence-electron chi connectivity index (χ4n) is 4.20. The molecule has 9 nitrogen and oxygen atoms in total. The lowest BCUT2D eigenvalue weighted by Gasteiger charge is -2.29. The first-order valence-electron chi connectivity index (χ1n) is 11.1. The van der Waals surface area contributed by atoms with E-state index in [2.05, 4.69) is 22.1 Å². The maximum Gasteiger partial charge on any atom is 0.252 e. The number of hydrogen-bond donors (Lipinski definition) is 2. The van der Waals surface area contributed by atoms with Gasteiger partial charge in [0.15, 0.2) is 0 Å². The standard InChI is InChI=1S/C22H30N4O5S/c1-16-4-7-26(8-5-16)32(29,30)17-2-3-20-18(14-17)19(15-21(27)24-20)22(28)23-6-9-25-10-12-31-13-11-25/h2-3,14-16H,4-13H2,1H3,(H,23,28)(H,24,27). The third kappa shape index (κ3) is 5.03. The number of pyridine rings is 1. The number of rotatable bonds is 6. The van der Waals surface area contributed by atoms with Gasteiger partial charge in [-0.05, 0) is 37.0 Å². The number of morpholine rings is 1. The Morgan fingerprint density at radius 2 is 1.88 bits per heavy atom. The van der Waals surface area contributed by atoms with Gasteiger partial charge in [-0.1, -0.05) is 6.92 Å². The molecule has 1 aromatic heterocycles. The van der Waals surface area contributed by atoms with Crippen molar-refractivity contribution in [3.63, 3.8) is 0 Å². The lowest BCUT2D eigenvalue weighted by atomic mass is 10.0. The minimum atomic E-state index is -3.67. The minimum absolute atomic E-state index is 0.133. The number of aromatic amines is 1. The number of amides is 1. The first kappa shape index (κ1) is 22.9. The maximum atomic E-state index is 13.2. The number of piperidine rings is 1. The SMILES string of the molecule is CC1CCN(S(=O)(=O)c2ccc3[nH]c(=O)cc(C(=O)NCCN4CCOCC4)c3c2)CC1. The largest absolute Gasteiger partial charge is 0.379 e. The van der Waals surface area contributed by atoms with Gasteiger partial charge in [0.1, 0.15) is 0 Å². The van der Waals surface area contributed by atoms with E-state index in [1.807, 2.05) is 0 Å². The molecule has 32 heavy (non-hydrogen) atoms. The molecule has 0 spiro atoms. The van der Waals surface area contributed by atoms with Gasteiger partial charge in [0.2, 0.25) is 15.6 Å². The van der Waals surface area contributed by atoms with E-state index < -0.39 is 21.5 Å². The van der Waals surface area contributed by atoms with Crippen LogP contribution in [0.25, 0.3) is 10.9 Å². The van der Waals surface area contributed by atoms with Crippen LogP contribution in [0, 0.1) is 5.92 Å². The zero-order chi connectivity index (χ0) is 22.7. The van der Waals surface area contributed by atoms with Crippen molar-refractivity contribution in [3.8, 4) is 0 Å². The molecule has 2 aliphatic rings. The fourth-order valence-corrected chi connectivity index (χ4v) is 5.70. The van der Waals surface area contributed by atoms with Gasteiger partial charge in [-0.3, -0.25) is 14.5 Å². The van der Waals surface area contributed by atoms with Gasteiger partial charge in [-0.25, -0.2) is 8.42 Å². The van der Waals surface area contributed by atoms with Gasteiger partial charge in [-0.15, -0.1) is 0 Å². The summed E-state index contributed by atoms with van der Waals surface area (Å²) in [4.78, 5) is 30.0. The number of H-pyrrole nitrogens is 1. The Morgan fingerprint density at radius 1 is 1.16 bits per heavy atom. The lowest BCUT2D eigenvalue weighted by Crippen LogP contribution is -2.41. The molecular weight excluding hydrogens is 432 g/mol. The van der Waals surface area contributed by atoms with Gasteiger partial charge in [0.05, 0.1) is 23.7 Å². The van der Waals surface area contributed by atoms with E-state index in [-0.39, 0.29) is 10.5 Å². The summed E-state index contributed by atoms with van der Waals surface area (Å²) in [5.74, 6) is 0.117. The molecule has 2 fully saturated rings. The van der Waals surface area contributed by atoms with Gasteiger partial charge >= 0.3 is 0 Å². The average molecular weight is 463 g/mol. The van der Waals surface area contributed by atoms with Gasteiger partial charge < -0.3 is 15.0 Å². The summed E-state index contributed by atoms with van der Waals surface area (Å²) >= 11 is 0. The molecule has 0 saturated carbocycles. The molecule has 2 aliphatic heterocycles. The number of fused-ring (bicyclic) bond motifs is 1. The Balaban J connectivity index is 1.57. The fraction of sp³-hybridized carbons (Fsp3) is 0.545. The number of carbonyl (C=O) groups is 1. The van der Waals surface area contributed by atoms with Crippen LogP contribution in [0.3, 0.4) is 0 Å². The third-order valence-corrected chi connectivity index (χ3v) is 8.15. The molecule has 2 N–H and O–H groups in total. The smallest absolute Gasteiger partial charge is 0.252 e. The Kier molecular flexibility index (Phi) is 6.94. The van der Waals surface area contributed by atoms with Gasteiger partial charge in [0.25, 0.3) is 5.91 Å². The summed E-state index contributed by atoms with van der Waals surface area (Å²) in [5, 5.41) is 3.27. The van der Waals surface area contributed by atoms with Crippen LogP contribution in [0.1, 0.15) is 30.1 Å². The number of ether oxygens (including phenoxy) is 1. The molecule has 2 saturated heterocycles. The van der Waals surface area contributed by atoms with Crippen molar-refractivity contribution >= 4 is 26.8 Å². The van der Waals surface area contributed by atoms with Crippen molar-refractivity contribution in [2.24, 2.45) is 5.92 Å². The molecular formula is C22H30N4O5S. The molecule has 0 bridgehead atoms. The van der Waals surface area contributed by atoms with Crippen molar-refractivity contribution in [3.05, 3.63) is 40.2 Å². The third-order valence-electron chi connectivity index (χ3n) is 6.26. The highest BCUT2D eigenvalue weighted by Gasteiger charge is 2.28. The van der Waals surface area contributed by atoms with Crippen molar-refractivity contribution in [2.45, 2.75) is 24.7 Å². The number of nitrogens with one attached hydrogen (secondary N) is 2. The molecule has 4 rings (SSSR count). The summed E-state index contributed by atoms with van der Waals surface area (Å²) in [5.41, 5.74) is 0.202. The lowest BCUT2D eigenvalue weighted by molar-refractivity contribution is 0.0383. The second kappa shape index (κ2) is 9.70. The van der Waals surface area contributed by atoms with Crippen LogP contribution in [-0.2, 0) is 14.8 Å². The molecule has 2 aromatic rings. The van der Waals surface area contributed by atoms with Crippen LogP contribution in [0.4, 0.5) is 0 Å². The zero-order valence-electron chi connectivity index (χ0n) is 18.3.